The molecule has 3 aromatic rings. The van der Waals surface area contributed by atoms with Crippen molar-refractivity contribution in [3.05, 3.63) is 83.9 Å². The van der Waals surface area contributed by atoms with Crippen LogP contribution in [0, 0.1) is 0 Å². The van der Waals surface area contributed by atoms with Crippen LogP contribution in [0.15, 0.2) is 72.8 Å². The van der Waals surface area contributed by atoms with Crippen LogP contribution in [-0.4, -0.2) is 60.2 Å². The summed E-state index contributed by atoms with van der Waals surface area (Å²) in [6, 6.07) is 22.4. The van der Waals surface area contributed by atoms with Gasteiger partial charge in [-0.25, -0.2) is 0 Å². The molecule has 1 aliphatic heterocycles. The van der Waals surface area contributed by atoms with Gasteiger partial charge in [0, 0.05) is 37.3 Å². The van der Waals surface area contributed by atoms with Gasteiger partial charge >= 0.3 is 0 Å². The Labute approximate surface area is 175 Å². The zero-order valence-electron chi connectivity index (χ0n) is 16.6. The Morgan fingerprint density at radius 3 is 2.07 bits per heavy atom. The molecule has 0 spiro atoms. The van der Waals surface area contributed by atoms with Crippen molar-refractivity contribution in [3.8, 4) is 0 Å². The normalized spacial score (nSPS) is 13.9. The average Bonchev–Trinajstić information content (AvgIpc) is 2.82. The third-order valence-corrected chi connectivity index (χ3v) is 5.35. The lowest BCUT2D eigenvalue weighted by atomic mass is 10.1. The van der Waals surface area contributed by atoms with Crippen LogP contribution in [0.4, 0.5) is 0 Å². The second-order valence-electron chi connectivity index (χ2n) is 7.28. The predicted octanol–water partition coefficient (Wildman–Crippen LogP) is 2.55. The minimum Gasteiger partial charge on any atom is -0.343 e. The molecule has 30 heavy (non-hydrogen) atoms. The summed E-state index contributed by atoms with van der Waals surface area (Å²) >= 11 is 0. The SMILES string of the molecule is O=C(NCC(=O)N1CCN(C(=O)c2ccccc2)CC1)c1ccc2ccccc2c1. The minimum atomic E-state index is -0.271. The molecular weight excluding hydrogens is 378 g/mol. The van der Waals surface area contributed by atoms with Gasteiger partial charge in [-0.15, -0.1) is 0 Å². The molecule has 0 aliphatic carbocycles. The summed E-state index contributed by atoms with van der Waals surface area (Å²) in [7, 11) is 0. The van der Waals surface area contributed by atoms with Crippen LogP contribution in [0.25, 0.3) is 10.8 Å². The number of hydrogen-bond acceptors (Lipinski definition) is 3. The average molecular weight is 401 g/mol. The maximum absolute atomic E-state index is 12.5. The van der Waals surface area contributed by atoms with Gasteiger partial charge in [-0.1, -0.05) is 48.5 Å². The lowest BCUT2D eigenvalue weighted by Crippen LogP contribution is -2.52. The quantitative estimate of drug-likeness (QED) is 0.731. The Bertz CT molecular complexity index is 1070. The Morgan fingerprint density at radius 1 is 0.700 bits per heavy atom. The molecule has 1 aliphatic rings. The summed E-state index contributed by atoms with van der Waals surface area (Å²) < 4.78 is 0. The van der Waals surface area contributed by atoms with Crippen molar-refractivity contribution in [1.29, 1.82) is 0 Å². The van der Waals surface area contributed by atoms with E-state index in [1.807, 2.05) is 54.6 Å². The van der Waals surface area contributed by atoms with E-state index < -0.39 is 0 Å². The molecule has 0 unspecified atom stereocenters. The summed E-state index contributed by atoms with van der Waals surface area (Å²) in [5.41, 5.74) is 1.18. The van der Waals surface area contributed by atoms with Gasteiger partial charge in [-0.2, -0.15) is 0 Å². The third kappa shape index (κ3) is 4.33. The van der Waals surface area contributed by atoms with Crippen molar-refractivity contribution in [1.82, 2.24) is 15.1 Å². The Balaban J connectivity index is 1.28. The fourth-order valence-electron chi connectivity index (χ4n) is 3.62. The zero-order valence-corrected chi connectivity index (χ0v) is 16.6. The van der Waals surface area contributed by atoms with E-state index in [1.54, 1.807) is 28.0 Å². The minimum absolute atomic E-state index is 0.0210. The topological polar surface area (TPSA) is 69.7 Å². The molecule has 0 radical (unpaired) electrons. The number of benzene rings is 3. The van der Waals surface area contributed by atoms with Gasteiger partial charge in [-0.3, -0.25) is 14.4 Å². The van der Waals surface area contributed by atoms with E-state index in [9.17, 15) is 14.4 Å². The summed E-state index contributed by atoms with van der Waals surface area (Å²) in [6.45, 7) is 1.83. The van der Waals surface area contributed by atoms with E-state index in [0.29, 0.717) is 37.3 Å². The van der Waals surface area contributed by atoms with E-state index in [1.165, 1.54) is 0 Å². The molecule has 1 saturated heterocycles. The van der Waals surface area contributed by atoms with Gasteiger partial charge in [0.05, 0.1) is 6.54 Å². The monoisotopic (exact) mass is 401 g/mol. The standard InChI is InChI=1S/C24H23N3O3/c28-22(17-25-23(29)21-11-10-18-6-4-5-9-20(18)16-21)26-12-14-27(15-13-26)24(30)19-7-2-1-3-8-19/h1-11,16H,12-15,17H2,(H,25,29). The number of amides is 3. The van der Waals surface area contributed by atoms with Crippen LogP contribution in [0.1, 0.15) is 20.7 Å². The molecule has 0 saturated carbocycles. The van der Waals surface area contributed by atoms with Crippen molar-refractivity contribution in [2.75, 3.05) is 32.7 Å². The molecule has 1 N–H and O–H groups in total. The third-order valence-electron chi connectivity index (χ3n) is 5.35. The number of carbonyl (C=O) groups excluding carboxylic acids is 3. The highest BCUT2D eigenvalue weighted by molar-refractivity contribution is 6.00. The van der Waals surface area contributed by atoms with Crippen molar-refractivity contribution in [3.63, 3.8) is 0 Å². The lowest BCUT2D eigenvalue weighted by molar-refractivity contribution is -0.131. The molecule has 3 amide bonds. The molecular formula is C24H23N3O3. The van der Waals surface area contributed by atoms with Gasteiger partial charge in [0.25, 0.3) is 11.8 Å². The maximum Gasteiger partial charge on any atom is 0.253 e. The number of nitrogens with zero attached hydrogens (tertiary/aromatic N) is 2. The zero-order chi connectivity index (χ0) is 20.9. The lowest BCUT2D eigenvalue weighted by Gasteiger charge is -2.34. The maximum atomic E-state index is 12.5. The molecule has 0 atom stereocenters. The van der Waals surface area contributed by atoms with Crippen LogP contribution in [0.2, 0.25) is 0 Å². The number of nitrogens with one attached hydrogen (secondary N) is 1. The molecule has 1 fully saturated rings. The number of carbonyl (C=O) groups is 3. The first-order valence-electron chi connectivity index (χ1n) is 10.0. The highest BCUT2D eigenvalue weighted by Gasteiger charge is 2.25. The van der Waals surface area contributed by atoms with E-state index >= 15 is 0 Å². The molecule has 0 bridgehead atoms. The molecule has 1 heterocycles. The Hall–Kier alpha value is -3.67. The van der Waals surface area contributed by atoms with E-state index in [4.69, 9.17) is 0 Å². The first kappa shape index (κ1) is 19.6. The van der Waals surface area contributed by atoms with Crippen LogP contribution in [0.3, 0.4) is 0 Å². The van der Waals surface area contributed by atoms with Crippen molar-refractivity contribution in [2.24, 2.45) is 0 Å². The molecule has 0 aromatic heterocycles. The highest BCUT2D eigenvalue weighted by Crippen LogP contribution is 2.15. The Kier molecular flexibility index (Phi) is 5.75. The van der Waals surface area contributed by atoms with Gasteiger partial charge in [0.15, 0.2) is 0 Å². The van der Waals surface area contributed by atoms with Crippen LogP contribution in [-0.2, 0) is 4.79 Å². The second kappa shape index (κ2) is 8.78. The first-order valence-corrected chi connectivity index (χ1v) is 10.0. The predicted molar refractivity (Wildman–Crippen MR) is 115 cm³/mol. The molecule has 152 valence electrons. The number of hydrogen-bond donors (Lipinski definition) is 1. The largest absolute Gasteiger partial charge is 0.343 e. The molecule has 3 aromatic carbocycles. The molecule has 4 rings (SSSR count). The first-order chi connectivity index (χ1) is 14.6. The molecule has 6 heteroatoms. The van der Waals surface area contributed by atoms with Gasteiger partial charge in [0.1, 0.15) is 0 Å². The van der Waals surface area contributed by atoms with E-state index in [2.05, 4.69) is 5.32 Å². The van der Waals surface area contributed by atoms with Gasteiger partial charge in [-0.05, 0) is 35.0 Å². The van der Waals surface area contributed by atoms with Crippen molar-refractivity contribution >= 4 is 28.5 Å². The van der Waals surface area contributed by atoms with Gasteiger partial charge < -0.3 is 15.1 Å². The van der Waals surface area contributed by atoms with E-state index in [0.717, 1.165) is 10.8 Å². The van der Waals surface area contributed by atoms with Crippen molar-refractivity contribution in [2.45, 2.75) is 0 Å². The number of fused-ring (bicyclic) bond motifs is 1. The van der Waals surface area contributed by atoms with Gasteiger partial charge in [0.2, 0.25) is 5.91 Å². The van der Waals surface area contributed by atoms with Crippen LogP contribution >= 0.6 is 0 Å². The van der Waals surface area contributed by atoms with Crippen LogP contribution < -0.4 is 5.32 Å². The summed E-state index contributed by atoms with van der Waals surface area (Å²) in [5, 5.41) is 4.75. The van der Waals surface area contributed by atoms with Crippen molar-refractivity contribution < 1.29 is 14.4 Å². The fourth-order valence-corrected chi connectivity index (χ4v) is 3.62. The fraction of sp³-hybridized carbons (Fsp3) is 0.208. The Morgan fingerprint density at radius 2 is 1.33 bits per heavy atom. The molecule has 6 nitrogen and oxygen atoms in total. The summed E-state index contributed by atoms with van der Waals surface area (Å²) in [5.74, 6) is -0.435. The van der Waals surface area contributed by atoms with E-state index in [-0.39, 0.29) is 24.3 Å². The summed E-state index contributed by atoms with van der Waals surface area (Å²) in [6.07, 6.45) is 0. The second-order valence-corrected chi connectivity index (χ2v) is 7.28. The smallest absolute Gasteiger partial charge is 0.253 e. The number of rotatable bonds is 4. The van der Waals surface area contributed by atoms with Crippen LogP contribution in [0.5, 0.6) is 0 Å². The summed E-state index contributed by atoms with van der Waals surface area (Å²) in [4.78, 5) is 40.9. The number of piperazine rings is 1. The highest BCUT2D eigenvalue weighted by atomic mass is 16.2.